The molecule has 2 nitrogen and oxygen atoms in total. The Kier molecular flexibility index (Phi) is 4.63. The van der Waals surface area contributed by atoms with E-state index in [-0.39, 0.29) is 11.9 Å². The molecule has 3 heteroatoms. The number of nitrogens with zero attached hydrogens (tertiary/aromatic N) is 1. The molecule has 2 aromatic rings. The molecule has 0 aliphatic heterocycles. The van der Waals surface area contributed by atoms with E-state index in [1.54, 1.807) is 6.20 Å². The van der Waals surface area contributed by atoms with Gasteiger partial charge in [-0.05, 0) is 49.2 Å². The molecule has 1 aromatic heterocycles. The van der Waals surface area contributed by atoms with Gasteiger partial charge in [0.1, 0.15) is 5.82 Å². The van der Waals surface area contributed by atoms with Gasteiger partial charge in [-0.1, -0.05) is 25.1 Å². The Morgan fingerprint density at radius 1 is 1.21 bits per heavy atom. The lowest BCUT2D eigenvalue weighted by Gasteiger charge is -2.20. The fourth-order valence-corrected chi connectivity index (χ4v) is 2.12. The maximum atomic E-state index is 13.0. The van der Waals surface area contributed by atoms with E-state index < -0.39 is 0 Å². The van der Waals surface area contributed by atoms with E-state index in [1.165, 1.54) is 12.1 Å². The van der Waals surface area contributed by atoms with Crippen molar-refractivity contribution < 1.29 is 4.39 Å². The molecule has 0 radical (unpaired) electrons. The first-order valence-electron chi connectivity index (χ1n) is 6.62. The molecular weight excluding hydrogens is 239 g/mol. The standard InChI is InChI=1S/C16H19FN2/c1-3-10-18-16(13-6-8-14(17)9-7-13)15-12(2)5-4-11-19-15/h4-9,11,16,18H,3,10H2,1-2H3. The molecule has 19 heavy (non-hydrogen) atoms. The van der Waals surface area contributed by atoms with Crippen molar-refractivity contribution in [2.24, 2.45) is 0 Å². The van der Waals surface area contributed by atoms with Crippen molar-refractivity contribution in [2.45, 2.75) is 26.3 Å². The molecule has 1 heterocycles. The average molecular weight is 258 g/mol. The second-order valence-electron chi connectivity index (χ2n) is 4.64. The molecule has 0 aliphatic rings. The van der Waals surface area contributed by atoms with Crippen LogP contribution in [0.25, 0.3) is 0 Å². The maximum absolute atomic E-state index is 13.0. The third-order valence-electron chi connectivity index (χ3n) is 3.13. The lowest BCUT2D eigenvalue weighted by molar-refractivity contribution is 0.580. The molecule has 1 N–H and O–H groups in total. The summed E-state index contributed by atoms with van der Waals surface area (Å²) < 4.78 is 13.0. The number of halogens is 1. The van der Waals surface area contributed by atoms with Crippen LogP contribution >= 0.6 is 0 Å². The quantitative estimate of drug-likeness (QED) is 0.886. The molecular formula is C16H19FN2. The van der Waals surface area contributed by atoms with Crippen molar-refractivity contribution in [3.63, 3.8) is 0 Å². The van der Waals surface area contributed by atoms with Gasteiger partial charge in [0.25, 0.3) is 0 Å². The Labute approximate surface area is 113 Å². The molecule has 0 aliphatic carbocycles. The topological polar surface area (TPSA) is 24.9 Å². The Bertz CT molecular complexity index is 523. The molecule has 1 unspecified atom stereocenters. The van der Waals surface area contributed by atoms with Gasteiger partial charge in [0.05, 0.1) is 11.7 Å². The predicted octanol–water partition coefficient (Wildman–Crippen LogP) is 3.62. The first-order valence-corrected chi connectivity index (χ1v) is 6.62. The van der Waals surface area contributed by atoms with Crippen LogP contribution in [0.15, 0.2) is 42.6 Å². The van der Waals surface area contributed by atoms with Gasteiger partial charge < -0.3 is 5.32 Å². The highest BCUT2D eigenvalue weighted by molar-refractivity contribution is 5.32. The zero-order valence-corrected chi connectivity index (χ0v) is 11.4. The summed E-state index contributed by atoms with van der Waals surface area (Å²) in [5.74, 6) is -0.212. The van der Waals surface area contributed by atoms with Crippen molar-refractivity contribution in [3.8, 4) is 0 Å². The molecule has 0 bridgehead atoms. The largest absolute Gasteiger partial charge is 0.305 e. The van der Waals surface area contributed by atoms with Crippen LogP contribution in [0.4, 0.5) is 4.39 Å². The Balaban J connectivity index is 2.35. The summed E-state index contributed by atoms with van der Waals surface area (Å²) in [6.07, 6.45) is 2.84. The van der Waals surface area contributed by atoms with E-state index in [2.05, 4.69) is 17.2 Å². The van der Waals surface area contributed by atoms with Crippen molar-refractivity contribution in [2.75, 3.05) is 6.54 Å². The Morgan fingerprint density at radius 3 is 2.58 bits per heavy atom. The molecule has 0 fully saturated rings. The van der Waals surface area contributed by atoms with E-state index in [9.17, 15) is 4.39 Å². The van der Waals surface area contributed by atoms with Crippen LogP contribution in [0.1, 0.15) is 36.2 Å². The van der Waals surface area contributed by atoms with Gasteiger partial charge in [0, 0.05) is 6.20 Å². The van der Waals surface area contributed by atoms with Gasteiger partial charge in [-0.25, -0.2) is 4.39 Å². The second-order valence-corrected chi connectivity index (χ2v) is 4.64. The summed E-state index contributed by atoms with van der Waals surface area (Å²) in [6.45, 7) is 5.07. The molecule has 0 amide bonds. The molecule has 0 spiro atoms. The minimum absolute atomic E-state index is 0.0155. The van der Waals surface area contributed by atoms with E-state index in [1.807, 2.05) is 31.2 Å². The van der Waals surface area contributed by atoms with Crippen LogP contribution < -0.4 is 5.32 Å². The zero-order valence-electron chi connectivity index (χ0n) is 11.4. The van der Waals surface area contributed by atoms with Crippen molar-refractivity contribution >= 4 is 0 Å². The summed E-state index contributed by atoms with van der Waals surface area (Å²) in [6, 6.07) is 10.6. The van der Waals surface area contributed by atoms with Crippen molar-refractivity contribution in [3.05, 3.63) is 65.2 Å². The average Bonchev–Trinajstić information content (AvgIpc) is 2.43. The van der Waals surface area contributed by atoms with Gasteiger partial charge in [-0.2, -0.15) is 0 Å². The van der Waals surface area contributed by atoms with Crippen molar-refractivity contribution in [1.29, 1.82) is 0 Å². The number of hydrogen-bond acceptors (Lipinski definition) is 2. The zero-order chi connectivity index (χ0) is 13.7. The highest BCUT2D eigenvalue weighted by atomic mass is 19.1. The lowest BCUT2D eigenvalue weighted by atomic mass is 10.00. The first-order chi connectivity index (χ1) is 9.22. The summed E-state index contributed by atoms with van der Waals surface area (Å²) in [5, 5.41) is 3.48. The van der Waals surface area contributed by atoms with Crippen LogP contribution in [-0.2, 0) is 0 Å². The van der Waals surface area contributed by atoms with Crippen LogP contribution in [0.3, 0.4) is 0 Å². The van der Waals surface area contributed by atoms with E-state index in [4.69, 9.17) is 0 Å². The van der Waals surface area contributed by atoms with E-state index in [0.717, 1.165) is 29.8 Å². The van der Waals surface area contributed by atoms with Crippen LogP contribution in [0.2, 0.25) is 0 Å². The molecule has 1 atom stereocenters. The van der Waals surface area contributed by atoms with E-state index in [0.29, 0.717) is 0 Å². The number of aromatic nitrogens is 1. The molecule has 1 aromatic carbocycles. The lowest BCUT2D eigenvalue weighted by Crippen LogP contribution is -2.24. The Hall–Kier alpha value is -1.74. The molecule has 0 saturated heterocycles. The van der Waals surface area contributed by atoms with Crippen LogP contribution in [0.5, 0.6) is 0 Å². The third-order valence-corrected chi connectivity index (χ3v) is 3.13. The predicted molar refractivity (Wildman–Crippen MR) is 75.5 cm³/mol. The van der Waals surface area contributed by atoms with Gasteiger partial charge >= 0.3 is 0 Å². The fraction of sp³-hybridized carbons (Fsp3) is 0.312. The van der Waals surface area contributed by atoms with Gasteiger partial charge in [0.2, 0.25) is 0 Å². The van der Waals surface area contributed by atoms with E-state index >= 15 is 0 Å². The normalized spacial score (nSPS) is 12.4. The first kappa shape index (κ1) is 13.7. The third kappa shape index (κ3) is 3.38. The minimum Gasteiger partial charge on any atom is -0.305 e. The second kappa shape index (κ2) is 6.43. The summed E-state index contributed by atoms with van der Waals surface area (Å²) in [7, 11) is 0. The number of benzene rings is 1. The number of rotatable bonds is 5. The van der Waals surface area contributed by atoms with Crippen LogP contribution in [-0.4, -0.2) is 11.5 Å². The monoisotopic (exact) mass is 258 g/mol. The highest BCUT2D eigenvalue weighted by Crippen LogP contribution is 2.23. The van der Waals surface area contributed by atoms with Gasteiger partial charge in [-0.3, -0.25) is 4.98 Å². The smallest absolute Gasteiger partial charge is 0.123 e. The summed E-state index contributed by atoms with van der Waals surface area (Å²) in [4.78, 5) is 4.47. The molecule has 100 valence electrons. The number of nitrogens with one attached hydrogen (secondary N) is 1. The van der Waals surface area contributed by atoms with Gasteiger partial charge in [0.15, 0.2) is 0 Å². The van der Waals surface area contributed by atoms with Crippen molar-refractivity contribution in [1.82, 2.24) is 10.3 Å². The van der Waals surface area contributed by atoms with Gasteiger partial charge in [-0.15, -0.1) is 0 Å². The summed E-state index contributed by atoms with van der Waals surface area (Å²) in [5.41, 5.74) is 3.18. The highest BCUT2D eigenvalue weighted by Gasteiger charge is 2.16. The number of hydrogen-bond donors (Lipinski definition) is 1. The SMILES string of the molecule is CCCNC(c1ccc(F)cc1)c1ncccc1C. The summed E-state index contributed by atoms with van der Waals surface area (Å²) >= 11 is 0. The number of aryl methyl sites for hydroxylation is 1. The molecule has 2 rings (SSSR count). The minimum atomic E-state index is -0.212. The fourth-order valence-electron chi connectivity index (χ4n) is 2.12. The van der Waals surface area contributed by atoms with Crippen LogP contribution in [0, 0.1) is 12.7 Å². The maximum Gasteiger partial charge on any atom is 0.123 e. The Morgan fingerprint density at radius 2 is 1.95 bits per heavy atom. The number of pyridine rings is 1. The molecule has 0 saturated carbocycles.